The first-order valence-electron chi connectivity index (χ1n) is 10.4. The van der Waals surface area contributed by atoms with E-state index >= 15 is 0 Å². The van der Waals surface area contributed by atoms with E-state index in [1.54, 1.807) is 0 Å². The van der Waals surface area contributed by atoms with Gasteiger partial charge in [-0.15, -0.1) is 0 Å². The number of halogens is 1. The lowest BCUT2D eigenvalue weighted by atomic mass is 10.1. The van der Waals surface area contributed by atoms with Crippen LogP contribution < -0.4 is 15.0 Å². The third-order valence-corrected chi connectivity index (χ3v) is 6.59. The summed E-state index contributed by atoms with van der Waals surface area (Å²) < 4.78 is 6.38. The summed E-state index contributed by atoms with van der Waals surface area (Å²) in [5, 5.41) is 3.15. The number of fused-ring (bicyclic) bond motifs is 1. The van der Waals surface area contributed by atoms with E-state index in [1.807, 2.05) is 18.2 Å². The van der Waals surface area contributed by atoms with E-state index in [0.717, 1.165) is 24.0 Å². The molecule has 2 fully saturated rings. The van der Waals surface area contributed by atoms with E-state index in [0.29, 0.717) is 17.5 Å². The van der Waals surface area contributed by atoms with Crippen LogP contribution >= 0.6 is 15.9 Å². The van der Waals surface area contributed by atoms with Crippen molar-refractivity contribution in [2.24, 2.45) is 0 Å². The average molecular weight is 450 g/mol. The van der Waals surface area contributed by atoms with Crippen LogP contribution in [0.25, 0.3) is 0 Å². The molecule has 1 N–H and O–H groups in total. The molecule has 1 saturated carbocycles. The SMILES string of the molecule is O=C(CN1C(=O)COc2cc(Br)ccc21)NC1CCN(C2CCCCCC2)C1. The molecule has 7 heteroatoms. The highest BCUT2D eigenvalue weighted by atomic mass is 79.9. The second-order valence-corrected chi connectivity index (χ2v) is 8.99. The Balaban J connectivity index is 1.33. The molecular formula is C21H28BrN3O3. The topological polar surface area (TPSA) is 61.9 Å². The molecule has 0 bridgehead atoms. The molecule has 1 aromatic rings. The first kappa shape index (κ1) is 19.7. The van der Waals surface area contributed by atoms with Gasteiger partial charge in [-0.3, -0.25) is 19.4 Å². The predicted octanol–water partition coefficient (Wildman–Crippen LogP) is 3.09. The molecule has 3 aliphatic rings. The van der Waals surface area contributed by atoms with Crippen molar-refractivity contribution in [2.75, 3.05) is 31.1 Å². The molecule has 1 aromatic carbocycles. The number of carbonyl (C=O) groups excluding carboxylic acids is 2. The van der Waals surface area contributed by atoms with E-state index < -0.39 is 0 Å². The van der Waals surface area contributed by atoms with Crippen LogP contribution in [0, 0.1) is 0 Å². The number of rotatable bonds is 4. The fourth-order valence-corrected chi connectivity index (χ4v) is 4.97. The van der Waals surface area contributed by atoms with Crippen LogP contribution in [0.2, 0.25) is 0 Å². The lowest BCUT2D eigenvalue weighted by Gasteiger charge is -2.29. The summed E-state index contributed by atoms with van der Waals surface area (Å²) >= 11 is 3.41. The molecule has 1 saturated heterocycles. The summed E-state index contributed by atoms with van der Waals surface area (Å²) in [6.45, 7) is 1.99. The monoisotopic (exact) mass is 449 g/mol. The maximum absolute atomic E-state index is 12.7. The average Bonchev–Trinajstić information content (AvgIpc) is 2.96. The van der Waals surface area contributed by atoms with Crippen LogP contribution in [0.3, 0.4) is 0 Å². The molecular weight excluding hydrogens is 422 g/mol. The smallest absolute Gasteiger partial charge is 0.265 e. The van der Waals surface area contributed by atoms with E-state index in [1.165, 1.54) is 43.4 Å². The molecule has 1 atom stereocenters. The number of benzene rings is 1. The Kier molecular flexibility index (Phi) is 6.21. The highest BCUT2D eigenvalue weighted by Gasteiger charge is 2.31. The number of hydrogen-bond acceptors (Lipinski definition) is 4. The fraction of sp³-hybridized carbons (Fsp3) is 0.619. The highest BCUT2D eigenvalue weighted by molar-refractivity contribution is 9.10. The molecule has 28 heavy (non-hydrogen) atoms. The number of likely N-dealkylation sites (tertiary alicyclic amines) is 1. The molecule has 6 nitrogen and oxygen atoms in total. The van der Waals surface area contributed by atoms with E-state index in [9.17, 15) is 9.59 Å². The molecule has 2 amide bonds. The lowest BCUT2D eigenvalue weighted by Crippen LogP contribution is -2.48. The Hall–Kier alpha value is -1.60. The zero-order valence-electron chi connectivity index (χ0n) is 16.2. The van der Waals surface area contributed by atoms with E-state index in [4.69, 9.17) is 4.74 Å². The summed E-state index contributed by atoms with van der Waals surface area (Å²) in [4.78, 5) is 29.0. The van der Waals surface area contributed by atoms with Crippen molar-refractivity contribution in [2.45, 2.75) is 57.0 Å². The van der Waals surface area contributed by atoms with E-state index in [2.05, 4.69) is 26.1 Å². The Labute approximate surface area is 174 Å². The summed E-state index contributed by atoms with van der Waals surface area (Å²) in [7, 11) is 0. The fourth-order valence-electron chi connectivity index (χ4n) is 4.63. The van der Waals surface area contributed by atoms with Crippen molar-refractivity contribution in [1.29, 1.82) is 0 Å². The minimum Gasteiger partial charge on any atom is -0.482 e. The third-order valence-electron chi connectivity index (χ3n) is 6.09. The minimum atomic E-state index is -0.184. The quantitative estimate of drug-likeness (QED) is 0.717. The van der Waals surface area contributed by atoms with Gasteiger partial charge >= 0.3 is 0 Å². The second-order valence-electron chi connectivity index (χ2n) is 8.07. The number of carbonyl (C=O) groups is 2. The van der Waals surface area contributed by atoms with Gasteiger partial charge in [-0.2, -0.15) is 0 Å². The molecule has 0 spiro atoms. The van der Waals surface area contributed by atoms with Crippen LogP contribution in [0.4, 0.5) is 5.69 Å². The third kappa shape index (κ3) is 4.51. The van der Waals surface area contributed by atoms with Crippen LogP contribution in [-0.2, 0) is 9.59 Å². The van der Waals surface area contributed by atoms with Gasteiger partial charge in [0.1, 0.15) is 12.3 Å². The van der Waals surface area contributed by atoms with Crippen molar-refractivity contribution >= 4 is 33.4 Å². The second kappa shape index (κ2) is 8.82. The Morgan fingerprint density at radius 3 is 2.75 bits per heavy atom. The van der Waals surface area contributed by atoms with Gasteiger partial charge in [0.05, 0.1) is 5.69 Å². The molecule has 152 valence electrons. The van der Waals surface area contributed by atoms with Gasteiger partial charge < -0.3 is 10.1 Å². The van der Waals surface area contributed by atoms with Crippen molar-refractivity contribution in [1.82, 2.24) is 10.2 Å². The maximum Gasteiger partial charge on any atom is 0.265 e. The van der Waals surface area contributed by atoms with Gasteiger partial charge in [0, 0.05) is 29.6 Å². The number of nitrogens with zero attached hydrogens (tertiary/aromatic N) is 2. The van der Waals surface area contributed by atoms with Gasteiger partial charge in [-0.05, 0) is 37.5 Å². The van der Waals surface area contributed by atoms with E-state index in [-0.39, 0.29) is 31.0 Å². The van der Waals surface area contributed by atoms with Crippen molar-refractivity contribution in [3.63, 3.8) is 0 Å². The number of hydrogen-bond donors (Lipinski definition) is 1. The van der Waals surface area contributed by atoms with Gasteiger partial charge in [-0.25, -0.2) is 0 Å². The molecule has 2 heterocycles. The zero-order chi connectivity index (χ0) is 19.5. The van der Waals surface area contributed by atoms with Crippen LogP contribution in [0.1, 0.15) is 44.9 Å². The standard InChI is InChI=1S/C21H28BrN3O3/c22-15-7-8-18-19(11-15)28-14-21(27)25(18)13-20(26)23-16-9-10-24(12-16)17-5-3-1-2-4-6-17/h7-8,11,16-17H,1-6,9-10,12-14H2,(H,23,26). The van der Waals surface area contributed by atoms with Gasteiger partial charge in [0.2, 0.25) is 5.91 Å². The van der Waals surface area contributed by atoms with Crippen LogP contribution in [-0.4, -0.2) is 55.0 Å². The normalized spacial score (nSPS) is 23.8. The number of amides is 2. The van der Waals surface area contributed by atoms with Crippen molar-refractivity contribution in [3.05, 3.63) is 22.7 Å². The number of ether oxygens (including phenoxy) is 1. The number of nitrogens with one attached hydrogen (secondary N) is 1. The van der Waals surface area contributed by atoms with Crippen LogP contribution in [0.5, 0.6) is 5.75 Å². The molecule has 1 unspecified atom stereocenters. The van der Waals surface area contributed by atoms with Crippen LogP contribution in [0.15, 0.2) is 22.7 Å². The van der Waals surface area contributed by atoms with Crippen molar-refractivity contribution < 1.29 is 14.3 Å². The summed E-state index contributed by atoms with van der Waals surface area (Å²) in [5.74, 6) is 0.343. The molecule has 2 aliphatic heterocycles. The largest absolute Gasteiger partial charge is 0.482 e. The summed E-state index contributed by atoms with van der Waals surface area (Å²) in [6, 6.07) is 6.35. The molecule has 4 rings (SSSR count). The zero-order valence-corrected chi connectivity index (χ0v) is 17.7. The molecule has 0 aromatic heterocycles. The van der Waals surface area contributed by atoms with Crippen molar-refractivity contribution in [3.8, 4) is 5.75 Å². The van der Waals surface area contributed by atoms with Gasteiger partial charge in [0.25, 0.3) is 5.91 Å². The predicted molar refractivity (Wildman–Crippen MR) is 112 cm³/mol. The first-order valence-corrected chi connectivity index (χ1v) is 11.2. The minimum absolute atomic E-state index is 0.0321. The first-order chi connectivity index (χ1) is 13.6. The van der Waals surface area contributed by atoms with Gasteiger partial charge in [0.15, 0.2) is 6.61 Å². The Morgan fingerprint density at radius 1 is 1.18 bits per heavy atom. The highest BCUT2D eigenvalue weighted by Crippen LogP contribution is 2.34. The van der Waals surface area contributed by atoms with Gasteiger partial charge in [-0.1, -0.05) is 41.6 Å². The number of anilines is 1. The summed E-state index contributed by atoms with van der Waals surface area (Å²) in [5.41, 5.74) is 0.654. The lowest BCUT2D eigenvalue weighted by molar-refractivity contribution is -0.125. The summed E-state index contributed by atoms with van der Waals surface area (Å²) in [6.07, 6.45) is 8.93. The Morgan fingerprint density at radius 2 is 1.96 bits per heavy atom. The maximum atomic E-state index is 12.7. The molecule has 1 aliphatic carbocycles. The Bertz CT molecular complexity index is 734. The molecule has 0 radical (unpaired) electrons.